The van der Waals surface area contributed by atoms with E-state index in [-0.39, 0.29) is 50.0 Å². The van der Waals surface area contributed by atoms with E-state index >= 15 is 0 Å². The largest absolute Gasteiger partial charge is 0.466 e. The zero-order valence-corrected chi connectivity index (χ0v) is 19.1. The van der Waals surface area contributed by atoms with Crippen LogP contribution in [0.3, 0.4) is 0 Å². The lowest BCUT2D eigenvalue weighted by atomic mass is 10.1. The third-order valence-electron chi connectivity index (χ3n) is 4.95. The molecule has 0 spiro atoms. The van der Waals surface area contributed by atoms with Crippen LogP contribution < -0.4 is 10.6 Å². The van der Waals surface area contributed by atoms with Gasteiger partial charge in [-0.1, -0.05) is 0 Å². The van der Waals surface area contributed by atoms with Gasteiger partial charge < -0.3 is 30.1 Å². The number of methoxy groups -OCH3 is 1. The highest BCUT2D eigenvalue weighted by Crippen LogP contribution is 2.28. The van der Waals surface area contributed by atoms with Crippen molar-refractivity contribution in [3.8, 4) is 0 Å². The molecule has 3 amide bonds. The molecule has 0 aliphatic carbocycles. The minimum atomic E-state index is -0.716. The lowest BCUT2D eigenvalue weighted by molar-refractivity contribution is -0.136. The first-order valence-electron chi connectivity index (χ1n) is 10.4. The van der Waals surface area contributed by atoms with Gasteiger partial charge in [-0.2, -0.15) is 0 Å². The third-order valence-corrected chi connectivity index (χ3v) is 4.95. The number of carbonyl (C=O) groups is 4. The highest BCUT2D eigenvalue weighted by atomic mass is 16.6. The molecule has 0 aromatic heterocycles. The van der Waals surface area contributed by atoms with Crippen LogP contribution in [-0.4, -0.2) is 77.7 Å². The van der Waals surface area contributed by atoms with Crippen LogP contribution in [-0.2, 0) is 30.4 Å². The van der Waals surface area contributed by atoms with Gasteiger partial charge >= 0.3 is 12.1 Å². The number of ether oxygens (including phenoxy) is 2. The molecule has 33 heavy (non-hydrogen) atoms. The van der Waals surface area contributed by atoms with Gasteiger partial charge in [-0.3, -0.25) is 14.5 Å². The van der Waals surface area contributed by atoms with Gasteiger partial charge in [-0.15, -0.1) is 0 Å². The molecule has 11 heteroatoms. The molecule has 0 unspecified atom stereocenters. The van der Waals surface area contributed by atoms with Crippen molar-refractivity contribution in [2.45, 2.75) is 32.9 Å². The summed E-state index contributed by atoms with van der Waals surface area (Å²) in [5, 5.41) is 14.9. The van der Waals surface area contributed by atoms with Crippen LogP contribution in [0.15, 0.2) is 29.5 Å². The molecule has 0 atom stereocenters. The summed E-state index contributed by atoms with van der Waals surface area (Å²) in [6, 6.07) is 4.98. The van der Waals surface area contributed by atoms with Crippen molar-refractivity contribution in [1.82, 2.24) is 9.80 Å². The summed E-state index contributed by atoms with van der Waals surface area (Å²) in [5.41, 5.74) is 1.11. The highest BCUT2D eigenvalue weighted by molar-refractivity contribution is 6.08. The number of nitrogens with one attached hydrogen (secondary N) is 2. The monoisotopic (exact) mass is 460 g/mol. The Morgan fingerprint density at radius 2 is 1.91 bits per heavy atom. The Morgan fingerprint density at radius 3 is 2.55 bits per heavy atom. The van der Waals surface area contributed by atoms with Crippen molar-refractivity contribution in [1.29, 1.82) is 0 Å². The predicted molar refractivity (Wildman–Crippen MR) is 118 cm³/mol. The van der Waals surface area contributed by atoms with E-state index in [0.717, 1.165) is 0 Å². The summed E-state index contributed by atoms with van der Waals surface area (Å²) in [6.07, 6.45) is -0.620. The number of hydrogen-bond acceptors (Lipinski definition) is 8. The fourth-order valence-electron chi connectivity index (χ4n) is 3.50. The average molecular weight is 460 g/mol. The fourth-order valence-corrected chi connectivity index (χ4v) is 3.50. The van der Waals surface area contributed by atoms with Crippen molar-refractivity contribution in [3.63, 3.8) is 0 Å². The summed E-state index contributed by atoms with van der Waals surface area (Å²) in [5.74, 6) is -1.45. The molecule has 0 bridgehead atoms. The minimum Gasteiger partial charge on any atom is -0.466 e. The number of aliphatic hydroxyl groups excluding tert-OH is 1. The molecule has 0 radical (unpaired) electrons. The molecule has 2 aliphatic rings. The maximum absolute atomic E-state index is 12.8. The molecule has 1 aromatic carbocycles. The van der Waals surface area contributed by atoms with Gasteiger partial charge in [0.05, 0.1) is 32.4 Å². The van der Waals surface area contributed by atoms with Crippen molar-refractivity contribution >= 4 is 35.3 Å². The second kappa shape index (κ2) is 9.49. The Kier molecular flexibility index (Phi) is 6.92. The van der Waals surface area contributed by atoms with Crippen molar-refractivity contribution in [2.75, 3.05) is 44.0 Å². The van der Waals surface area contributed by atoms with Gasteiger partial charge in [-0.25, -0.2) is 9.59 Å². The van der Waals surface area contributed by atoms with E-state index in [1.165, 1.54) is 16.9 Å². The third kappa shape index (κ3) is 5.61. The number of benzene rings is 1. The molecule has 0 saturated carbocycles. The summed E-state index contributed by atoms with van der Waals surface area (Å²) in [7, 11) is 1.22. The van der Waals surface area contributed by atoms with E-state index in [1.807, 2.05) is 0 Å². The lowest BCUT2D eigenvalue weighted by Gasteiger charge is -2.26. The molecular weight excluding hydrogens is 432 g/mol. The molecule has 1 aromatic rings. The Bertz CT molecular complexity index is 1010. The molecule has 3 rings (SSSR count). The maximum Gasteiger partial charge on any atom is 0.411 e. The number of aliphatic hydroxyl groups is 1. The van der Waals surface area contributed by atoms with Crippen LogP contribution >= 0.6 is 0 Å². The number of anilines is 2. The zero-order valence-electron chi connectivity index (χ0n) is 19.1. The highest BCUT2D eigenvalue weighted by Gasteiger charge is 2.35. The Morgan fingerprint density at radius 1 is 1.18 bits per heavy atom. The van der Waals surface area contributed by atoms with Crippen molar-refractivity contribution in [3.05, 3.63) is 35.0 Å². The molecule has 2 aliphatic heterocycles. The van der Waals surface area contributed by atoms with Crippen LogP contribution in [0.4, 0.5) is 16.2 Å². The number of esters is 1. The molecular formula is C22H28N4O7. The van der Waals surface area contributed by atoms with E-state index in [1.54, 1.807) is 39.0 Å². The molecule has 2 heterocycles. The lowest BCUT2D eigenvalue weighted by Crippen LogP contribution is -2.39. The van der Waals surface area contributed by atoms with E-state index in [9.17, 15) is 24.3 Å². The van der Waals surface area contributed by atoms with Crippen LogP contribution in [0.25, 0.3) is 0 Å². The fraction of sp³-hybridized carbons (Fsp3) is 0.455. The van der Waals surface area contributed by atoms with Gasteiger partial charge in [-0.05, 0) is 44.5 Å². The normalized spacial score (nSPS) is 16.3. The Labute approximate surface area is 191 Å². The maximum atomic E-state index is 12.8. The summed E-state index contributed by atoms with van der Waals surface area (Å²) >= 11 is 0. The molecule has 0 saturated heterocycles. The van der Waals surface area contributed by atoms with E-state index in [4.69, 9.17) is 9.47 Å². The predicted octanol–water partition coefficient (Wildman–Crippen LogP) is 1.05. The van der Waals surface area contributed by atoms with E-state index < -0.39 is 23.6 Å². The first-order valence-corrected chi connectivity index (χ1v) is 10.4. The average Bonchev–Trinajstić information content (AvgIpc) is 2.92. The topological polar surface area (TPSA) is 138 Å². The van der Waals surface area contributed by atoms with Gasteiger partial charge in [0, 0.05) is 17.9 Å². The number of rotatable bonds is 5. The molecule has 0 fully saturated rings. The van der Waals surface area contributed by atoms with E-state index in [0.29, 0.717) is 16.9 Å². The first-order chi connectivity index (χ1) is 15.5. The van der Waals surface area contributed by atoms with Gasteiger partial charge in [0.1, 0.15) is 17.8 Å². The quantitative estimate of drug-likeness (QED) is 0.555. The number of β-amino-alcohol motifs (C(OH)–C–C–N with tert-alkyl or cyclic N) is 1. The first kappa shape index (κ1) is 24.1. The molecule has 11 nitrogen and oxygen atoms in total. The van der Waals surface area contributed by atoms with Gasteiger partial charge in [0.25, 0.3) is 5.91 Å². The summed E-state index contributed by atoms with van der Waals surface area (Å²) < 4.78 is 10.2. The van der Waals surface area contributed by atoms with Gasteiger partial charge in [0.15, 0.2) is 0 Å². The standard InChI is InChI=1S/C22H28N4O7/c1-22(2,3)33-21(31)26-10-13-9-14(5-6-16(13)24-17(28)12-26)23-18-15(20(30)32-4)11-25(7-8-27)19(18)29/h5-6,9,23,27H,7-8,10-12H2,1-4H3,(H,24,28). The minimum absolute atomic E-state index is 0.0157. The second-order valence-corrected chi connectivity index (χ2v) is 8.68. The Hall–Kier alpha value is -3.60. The summed E-state index contributed by atoms with van der Waals surface area (Å²) in [4.78, 5) is 52.4. The summed E-state index contributed by atoms with van der Waals surface area (Å²) in [6.45, 7) is 5.00. The van der Waals surface area contributed by atoms with Crippen molar-refractivity contribution < 1.29 is 33.8 Å². The Balaban J connectivity index is 1.88. The van der Waals surface area contributed by atoms with Crippen LogP contribution in [0.5, 0.6) is 0 Å². The number of amides is 3. The molecule has 3 N–H and O–H groups in total. The number of hydrogen-bond donors (Lipinski definition) is 3. The SMILES string of the molecule is COC(=O)C1=C(Nc2ccc3c(c2)CN(C(=O)OC(C)(C)C)CC(=O)N3)C(=O)N(CCO)C1. The van der Waals surface area contributed by atoms with Crippen LogP contribution in [0.2, 0.25) is 0 Å². The smallest absolute Gasteiger partial charge is 0.411 e. The van der Waals surface area contributed by atoms with Crippen LogP contribution in [0.1, 0.15) is 26.3 Å². The second-order valence-electron chi connectivity index (χ2n) is 8.68. The number of nitrogens with zero attached hydrogens (tertiary/aromatic N) is 2. The van der Waals surface area contributed by atoms with Gasteiger partial charge in [0.2, 0.25) is 5.91 Å². The number of fused-ring (bicyclic) bond motifs is 1. The zero-order chi connectivity index (χ0) is 24.3. The molecule has 178 valence electrons. The van der Waals surface area contributed by atoms with E-state index in [2.05, 4.69) is 10.6 Å². The number of carbonyl (C=O) groups excluding carboxylic acids is 4. The van der Waals surface area contributed by atoms with Crippen LogP contribution in [0, 0.1) is 0 Å². The van der Waals surface area contributed by atoms with Crippen molar-refractivity contribution in [2.24, 2.45) is 0 Å².